The first kappa shape index (κ1) is 24.5. The third-order valence-electron chi connectivity index (χ3n) is 5.28. The molecule has 1 fully saturated rings. The van der Waals surface area contributed by atoms with Gasteiger partial charge in [0.05, 0.1) is 12.8 Å². The molecule has 0 bridgehead atoms. The van der Waals surface area contributed by atoms with Crippen molar-refractivity contribution in [1.29, 1.82) is 0 Å². The number of aliphatic imine (C=N–C) groups is 1. The Morgan fingerprint density at radius 3 is 2.67 bits per heavy atom. The molecule has 30 heavy (non-hydrogen) atoms. The lowest BCUT2D eigenvalue weighted by atomic mass is 10.0. The van der Waals surface area contributed by atoms with Gasteiger partial charge in [0.2, 0.25) is 0 Å². The highest BCUT2D eigenvalue weighted by molar-refractivity contribution is 14.0. The van der Waals surface area contributed by atoms with Gasteiger partial charge < -0.3 is 15.0 Å². The van der Waals surface area contributed by atoms with Crippen LogP contribution in [0.25, 0.3) is 0 Å². The third-order valence-corrected chi connectivity index (χ3v) is 5.28. The van der Waals surface area contributed by atoms with Crippen LogP contribution >= 0.6 is 24.0 Å². The van der Waals surface area contributed by atoms with Crippen molar-refractivity contribution in [1.82, 2.24) is 20.0 Å². The Morgan fingerprint density at radius 1 is 1.27 bits per heavy atom. The lowest BCUT2D eigenvalue weighted by Crippen LogP contribution is -2.41. The zero-order valence-corrected chi connectivity index (χ0v) is 21.0. The van der Waals surface area contributed by atoms with E-state index in [2.05, 4.69) is 64.6 Å². The van der Waals surface area contributed by atoms with Gasteiger partial charge in [0.15, 0.2) is 5.96 Å². The Bertz CT molecular complexity index is 787. The second kappa shape index (κ2) is 12.2. The van der Waals surface area contributed by atoms with E-state index >= 15 is 0 Å². The summed E-state index contributed by atoms with van der Waals surface area (Å²) in [6.07, 6.45) is 7.36. The molecule has 2 heterocycles. The lowest BCUT2D eigenvalue weighted by molar-refractivity contribution is 0.271. The van der Waals surface area contributed by atoms with E-state index in [0.717, 1.165) is 50.8 Å². The summed E-state index contributed by atoms with van der Waals surface area (Å²) in [5, 5.41) is 7.81. The van der Waals surface area contributed by atoms with Gasteiger partial charge in [0.1, 0.15) is 5.75 Å². The minimum Gasteiger partial charge on any atom is -0.493 e. The summed E-state index contributed by atoms with van der Waals surface area (Å²) < 4.78 is 7.64. The number of rotatable bonds is 8. The Hall–Kier alpha value is -1.77. The van der Waals surface area contributed by atoms with Gasteiger partial charge in [-0.25, -0.2) is 0 Å². The van der Waals surface area contributed by atoms with Gasteiger partial charge in [-0.1, -0.05) is 26.0 Å². The molecule has 1 aliphatic rings. The van der Waals surface area contributed by atoms with Gasteiger partial charge in [-0.3, -0.25) is 9.67 Å². The predicted octanol–water partition coefficient (Wildman–Crippen LogP) is 3.76. The maximum Gasteiger partial charge on any atom is 0.193 e. The van der Waals surface area contributed by atoms with Crippen LogP contribution in [0.4, 0.5) is 0 Å². The van der Waals surface area contributed by atoms with Gasteiger partial charge in [0.25, 0.3) is 0 Å². The molecule has 0 spiro atoms. The predicted molar refractivity (Wildman–Crippen MR) is 134 cm³/mol. The molecule has 1 aromatic carbocycles. The number of likely N-dealkylation sites (tertiary alicyclic amines) is 1. The maximum absolute atomic E-state index is 5.76. The fraction of sp³-hybridized carbons (Fsp3) is 0.565. The minimum absolute atomic E-state index is 0. The van der Waals surface area contributed by atoms with Crippen LogP contribution in [0.1, 0.15) is 31.4 Å². The Balaban J connectivity index is 0.00000320. The summed E-state index contributed by atoms with van der Waals surface area (Å²) in [7, 11) is 3.85. The second-order valence-electron chi connectivity index (χ2n) is 8.40. The molecule has 1 aliphatic heterocycles. The van der Waals surface area contributed by atoms with Crippen molar-refractivity contribution in [2.45, 2.75) is 33.1 Å². The summed E-state index contributed by atoms with van der Waals surface area (Å²) in [6, 6.07) is 8.44. The Labute approximate surface area is 198 Å². The van der Waals surface area contributed by atoms with Crippen LogP contribution in [0, 0.1) is 11.8 Å². The van der Waals surface area contributed by atoms with Crippen LogP contribution in [-0.4, -0.2) is 53.9 Å². The van der Waals surface area contributed by atoms with Crippen molar-refractivity contribution in [3.63, 3.8) is 0 Å². The molecule has 6 nitrogen and oxygen atoms in total. The van der Waals surface area contributed by atoms with Gasteiger partial charge in [-0.05, 0) is 54.4 Å². The molecule has 7 heteroatoms. The summed E-state index contributed by atoms with van der Waals surface area (Å²) in [4.78, 5) is 6.88. The van der Waals surface area contributed by atoms with Crippen LogP contribution in [-0.2, 0) is 19.9 Å². The van der Waals surface area contributed by atoms with E-state index in [9.17, 15) is 0 Å². The molecule has 1 saturated heterocycles. The highest BCUT2D eigenvalue weighted by atomic mass is 127. The molecule has 0 radical (unpaired) electrons. The summed E-state index contributed by atoms with van der Waals surface area (Å²) >= 11 is 0. The van der Waals surface area contributed by atoms with Gasteiger partial charge in [-0.15, -0.1) is 24.0 Å². The lowest BCUT2D eigenvalue weighted by Gasteiger charge is -2.21. The molecular formula is C23H36IN5O. The molecule has 3 rings (SSSR count). The number of aryl methyl sites for hydroxylation is 1. The number of nitrogens with zero attached hydrogens (tertiary/aromatic N) is 4. The third kappa shape index (κ3) is 7.49. The van der Waals surface area contributed by atoms with Gasteiger partial charge in [-0.2, -0.15) is 5.10 Å². The number of ether oxygens (including phenoxy) is 1. The first-order valence-corrected chi connectivity index (χ1v) is 10.7. The maximum atomic E-state index is 5.76. The number of halogens is 1. The van der Waals surface area contributed by atoms with Crippen molar-refractivity contribution in [3.8, 4) is 5.75 Å². The number of hydrogen-bond donors (Lipinski definition) is 1. The van der Waals surface area contributed by atoms with Crippen LogP contribution in [0.15, 0.2) is 41.7 Å². The van der Waals surface area contributed by atoms with Crippen LogP contribution < -0.4 is 10.1 Å². The zero-order valence-electron chi connectivity index (χ0n) is 18.7. The number of nitrogens with one attached hydrogen (secondary N) is 1. The molecule has 0 saturated carbocycles. The van der Waals surface area contributed by atoms with Crippen molar-refractivity contribution in [3.05, 3.63) is 47.8 Å². The van der Waals surface area contributed by atoms with Crippen LogP contribution in [0.3, 0.4) is 0 Å². The topological polar surface area (TPSA) is 54.7 Å². The fourth-order valence-corrected chi connectivity index (χ4v) is 3.77. The molecule has 1 atom stereocenters. The van der Waals surface area contributed by atoms with E-state index in [1.807, 2.05) is 25.0 Å². The first-order chi connectivity index (χ1) is 14.0. The van der Waals surface area contributed by atoms with Gasteiger partial charge >= 0.3 is 0 Å². The van der Waals surface area contributed by atoms with E-state index in [0.29, 0.717) is 11.8 Å². The van der Waals surface area contributed by atoms with E-state index in [4.69, 9.17) is 4.74 Å². The average molecular weight is 525 g/mol. The van der Waals surface area contributed by atoms with Crippen molar-refractivity contribution < 1.29 is 4.74 Å². The number of aromatic nitrogens is 2. The van der Waals surface area contributed by atoms with Crippen molar-refractivity contribution in [2.24, 2.45) is 23.9 Å². The van der Waals surface area contributed by atoms with Crippen LogP contribution in [0.2, 0.25) is 0 Å². The van der Waals surface area contributed by atoms with Crippen molar-refractivity contribution in [2.75, 3.05) is 33.3 Å². The highest BCUT2D eigenvalue weighted by Gasteiger charge is 2.25. The minimum atomic E-state index is 0. The van der Waals surface area contributed by atoms with Crippen molar-refractivity contribution >= 4 is 29.9 Å². The fourth-order valence-electron chi connectivity index (χ4n) is 3.77. The molecule has 0 amide bonds. The molecule has 1 N–H and O–H groups in total. The summed E-state index contributed by atoms with van der Waals surface area (Å²) in [5.74, 6) is 3.16. The van der Waals surface area contributed by atoms with E-state index in [1.54, 1.807) is 0 Å². The largest absolute Gasteiger partial charge is 0.493 e. The van der Waals surface area contributed by atoms with E-state index < -0.39 is 0 Å². The highest BCUT2D eigenvalue weighted by Crippen LogP contribution is 2.20. The van der Waals surface area contributed by atoms with Gasteiger partial charge in [0, 0.05) is 39.9 Å². The van der Waals surface area contributed by atoms with E-state index in [-0.39, 0.29) is 24.0 Å². The number of guanidine groups is 1. The SMILES string of the molecule is CN=C(NCCc1ccc(OCC(C)C)cc1)N1CCC(Cc2cnn(C)c2)C1.I. The normalized spacial score (nSPS) is 16.6. The molecule has 1 aromatic heterocycles. The molecule has 0 aliphatic carbocycles. The summed E-state index contributed by atoms with van der Waals surface area (Å²) in [5.41, 5.74) is 2.63. The molecule has 2 aromatic rings. The summed E-state index contributed by atoms with van der Waals surface area (Å²) in [6.45, 7) is 8.07. The zero-order chi connectivity index (χ0) is 20.6. The molecular weight excluding hydrogens is 489 g/mol. The second-order valence-corrected chi connectivity index (χ2v) is 8.40. The smallest absolute Gasteiger partial charge is 0.193 e. The number of hydrogen-bond acceptors (Lipinski definition) is 3. The number of benzene rings is 1. The Kier molecular flexibility index (Phi) is 9.94. The first-order valence-electron chi connectivity index (χ1n) is 10.7. The Morgan fingerprint density at radius 2 is 2.03 bits per heavy atom. The van der Waals surface area contributed by atoms with Crippen LogP contribution in [0.5, 0.6) is 5.75 Å². The quantitative estimate of drug-likeness (QED) is 0.324. The standard InChI is InChI=1S/C23H35N5O.HI/c1-18(2)17-29-22-7-5-19(6-8-22)9-11-25-23(24-3)28-12-10-20(16-28)13-21-14-26-27(4)15-21;/h5-8,14-15,18,20H,9-13,16-17H2,1-4H3,(H,24,25);1H. The average Bonchev–Trinajstić information content (AvgIpc) is 3.33. The molecule has 1 unspecified atom stereocenters. The molecule has 166 valence electrons. The van der Waals surface area contributed by atoms with E-state index in [1.165, 1.54) is 17.5 Å². The monoisotopic (exact) mass is 525 g/mol.